The molecule has 8 heteroatoms. The van der Waals surface area contributed by atoms with E-state index in [-0.39, 0.29) is 31.2 Å². The summed E-state index contributed by atoms with van der Waals surface area (Å²) in [5.74, 6) is -1.33. The number of carbonyl (C=O) groups excluding carboxylic acids is 1. The summed E-state index contributed by atoms with van der Waals surface area (Å²) in [5.41, 5.74) is 1.12. The molecular weight excluding hydrogens is 296 g/mol. The molecule has 0 aliphatic rings. The first kappa shape index (κ1) is 17.1. The zero-order valence-electron chi connectivity index (χ0n) is 11.6. The van der Waals surface area contributed by atoms with Crippen LogP contribution in [0.15, 0.2) is 24.3 Å². The third-order valence-electron chi connectivity index (χ3n) is 2.72. The topological polar surface area (TPSA) is 113 Å². The molecule has 0 aliphatic carbocycles. The average Bonchev–Trinajstić information content (AvgIpc) is 2.45. The smallest absolute Gasteiger partial charge is 0.305 e. The quantitative estimate of drug-likeness (QED) is 0.640. The van der Waals surface area contributed by atoms with Crippen molar-refractivity contribution in [2.45, 2.75) is 19.9 Å². The third kappa shape index (κ3) is 6.37. The second-order valence-electron chi connectivity index (χ2n) is 4.32. The van der Waals surface area contributed by atoms with Crippen LogP contribution in [0.2, 0.25) is 0 Å². The predicted octanol–water partition coefficient (Wildman–Crippen LogP) is 0.330. The Morgan fingerprint density at radius 1 is 1.19 bits per heavy atom. The number of hydrogen-bond donors (Lipinski definition) is 3. The van der Waals surface area contributed by atoms with Gasteiger partial charge in [0.2, 0.25) is 10.0 Å². The van der Waals surface area contributed by atoms with Gasteiger partial charge in [-0.1, -0.05) is 12.1 Å². The van der Waals surface area contributed by atoms with Gasteiger partial charge >= 0.3 is 5.97 Å². The lowest BCUT2D eigenvalue weighted by molar-refractivity contribution is -0.136. The molecule has 3 N–H and O–H groups in total. The normalized spacial score (nSPS) is 11.1. The Hall–Kier alpha value is -1.93. The van der Waals surface area contributed by atoms with Crippen molar-refractivity contribution in [3.8, 4) is 0 Å². The number of nitrogens with one attached hydrogen (secondary N) is 2. The lowest BCUT2D eigenvalue weighted by atomic mass is 10.1. The van der Waals surface area contributed by atoms with Gasteiger partial charge in [0, 0.05) is 18.7 Å². The van der Waals surface area contributed by atoms with Crippen molar-refractivity contribution < 1.29 is 23.1 Å². The molecule has 0 unspecified atom stereocenters. The van der Waals surface area contributed by atoms with Gasteiger partial charge in [-0.25, -0.2) is 13.1 Å². The Kier molecular flexibility index (Phi) is 6.32. The van der Waals surface area contributed by atoms with Crippen LogP contribution >= 0.6 is 0 Å². The minimum absolute atomic E-state index is 0.0110. The van der Waals surface area contributed by atoms with Crippen molar-refractivity contribution in [3.63, 3.8) is 0 Å². The van der Waals surface area contributed by atoms with Crippen LogP contribution in [0.4, 0.5) is 0 Å². The number of carboxylic acids is 1. The van der Waals surface area contributed by atoms with E-state index >= 15 is 0 Å². The number of amides is 1. The maximum atomic E-state index is 11.7. The van der Waals surface area contributed by atoms with Crippen molar-refractivity contribution in [1.82, 2.24) is 10.0 Å². The van der Waals surface area contributed by atoms with Gasteiger partial charge in [0.15, 0.2) is 0 Å². The Morgan fingerprint density at radius 3 is 2.33 bits per heavy atom. The van der Waals surface area contributed by atoms with Crippen LogP contribution in [-0.2, 0) is 21.4 Å². The monoisotopic (exact) mass is 314 g/mol. The van der Waals surface area contributed by atoms with E-state index in [1.165, 1.54) is 0 Å². The Bertz CT molecular complexity index is 595. The van der Waals surface area contributed by atoms with Gasteiger partial charge < -0.3 is 10.4 Å². The second-order valence-corrected chi connectivity index (χ2v) is 6.42. The van der Waals surface area contributed by atoms with Crippen molar-refractivity contribution in [2.24, 2.45) is 0 Å². The zero-order chi connectivity index (χ0) is 15.9. The highest BCUT2D eigenvalue weighted by Crippen LogP contribution is 2.05. The number of hydrogen-bond acceptors (Lipinski definition) is 4. The van der Waals surface area contributed by atoms with Gasteiger partial charge in [0.05, 0.1) is 12.2 Å². The second kappa shape index (κ2) is 7.75. The molecule has 1 aromatic carbocycles. The number of sulfonamides is 1. The fourth-order valence-corrected chi connectivity index (χ4v) is 2.05. The summed E-state index contributed by atoms with van der Waals surface area (Å²) in [6.07, 6.45) is -0.136. The van der Waals surface area contributed by atoms with Crippen LogP contribution in [0, 0.1) is 0 Å². The fourth-order valence-electron chi connectivity index (χ4n) is 1.45. The summed E-state index contributed by atoms with van der Waals surface area (Å²) in [5, 5.41) is 11.0. The maximum Gasteiger partial charge on any atom is 0.305 e. The van der Waals surface area contributed by atoms with E-state index in [2.05, 4.69) is 10.0 Å². The number of carbonyl (C=O) groups is 2. The predicted molar refractivity (Wildman–Crippen MR) is 77.3 cm³/mol. The third-order valence-corrected chi connectivity index (χ3v) is 4.06. The molecule has 0 spiro atoms. The van der Waals surface area contributed by atoms with Gasteiger partial charge in [0.1, 0.15) is 0 Å². The Balaban J connectivity index is 2.53. The van der Waals surface area contributed by atoms with E-state index in [1.807, 2.05) is 0 Å². The SMILES string of the molecule is CCS(=O)(=O)NCc1ccc(C(=O)NCCC(=O)O)cc1. The number of benzene rings is 1. The van der Waals surface area contributed by atoms with Crippen LogP contribution in [0.5, 0.6) is 0 Å². The molecule has 0 saturated heterocycles. The van der Waals surface area contributed by atoms with Gasteiger partial charge in [-0.15, -0.1) is 0 Å². The molecule has 1 aromatic rings. The minimum Gasteiger partial charge on any atom is -0.481 e. The van der Waals surface area contributed by atoms with Gasteiger partial charge in [-0.2, -0.15) is 0 Å². The van der Waals surface area contributed by atoms with E-state index in [9.17, 15) is 18.0 Å². The lowest BCUT2D eigenvalue weighted by Crippen LogP contribution is -2.26. The first-order valence-electron chi connectivity index (χ1n) is 6.40. The largest absolute Gasteiger partial charge is 0.481 e. The summed E-state index contributed by atoms with van der Waals surface area (Å²) >= 11 is 0. The van der Waals surface area contributed by atoms with Gasteiger partial charge in [0.25, 0.3) is 5.91 Å². The standard InChI is InChI=1S/C13H18N2O5S/c1-2-21(19,20)15-9-10-3-5-11(6-4-10)13(18)14-8-7-12(16)17/h3-6,15H,2,7-9H2,1H3,(H,14,18)(H,16,17). The fraction of sp³-hybridized carbons (Fsp3) is 0.385. The molecular formula is C13H18N2O5S. The summed E-state index contributed by atoms with van der Waals surface area (Å²) in [7, 11) is -3.25. The zero-order valence-corrected chi connectivity index (χ0v) is 12.4. The van der Waals surface area contributed by atoms with Crippen LogP contribution in [0.3, 0.4) is 0 Å². The molecule has 0 aliphatic heterocycles. The molecule has 0 saturated carbocycles. The summed E-state index contributed by atoms with van der Waals surface area (Å²) in [4.78, 5) is 22.0. The van der Waals surface area contributed by atoms with Crippen molar-refractivity contribution >= 4 is 21.9 Å². The van der Waals surface area contributed by atoms with Crippen LogP contribution < -0.4 is 10.0 Å². The first-order chi connectivity index (χ1) is 9.84. The average molecular weight is 314 g/mol. The Labute approximate surface area is 123 Å². The Morgan fingerprint density at radius 2 is 1.81 bits per heavy atom. The van der Waals surface area contributed by atoms with E-state index < -0.39 is 16.0 Å². The molecule has 0 aromatic heterocycles. The number of carboxylic acid groups (broad SMARTS) is 1. The summed E-state index contributed by atoms with van der Waals surface area (Å²) < 4.78 is 25.0. The highest BCUT2D eigenvalue weighted by Gasteiger charge is 2.08. The molecule has 7 nitrogen and oxygen atoms in total. The van der Waals surface area contributed by atoms with Crippen LogP contribution in [-0.4, -0.2) is 37.7 Å². The van der Waals surface area contributed by atoms with E-state index in [0.29, 0.717) is 5.56 Å². The van der Waals surface area contributed by atoms with Crippen molar-refractivity contribution in [1.29, 1.82) is 0 Å². The molecule has 0 bridgehead atoms. The number of rotatable bonds is 8. The molecule has 0 atom stereocenters. The highest BCUT2D eigenvalue weighted by atomic mass is 32.2. The molecule has 1 rings (SSSR count). The van der Waals surface area contributed by atoms with Crippen molar-refractivity contribution in [2.75, 3.05) is 12.3 Å². The van der Waals surface area contributed by atoms with Crippen LogP contribution in [0.25, 0.3) is 0 Å². The van der Waals surface area contributed by atoms with Crippen molar-refractivity contribution in [3.05, 3.63) is 35.4 Å². The lowest BCUT2D eigenvalue weighted by Gasteiger charge is -2.06. The maximum absolute atomic E-state index is 11.7. The molecule has 116 valence electrons. The summed E-state index contributed by atoms with van der Waals surface area (Å²) in [6.45, 7) is 1.77. The molecule has 0 fully saturated rings. The highest BCUT2D eigenvalue weighted by molar-refractivity contribution is 7.89. The first-order valence-corrected chi connectivity index (χ1v) is 8.05. The van der Waals surface area contributed by atoms with E-state index in [0.717, 1.165) is 5.56 Å². The molecule has 0 heterocycles. The van der Waals surface area contributed by atoms with Gasteiger partial charge in [-0.3, -0.25) is 9.59 Å². The molecule has 0 radical (unpaired) electrons. The van der Waals surface area contributed by atoms with Crippen LogP contribution in [0.1, 0.15) is 29.3 Å². The number of aliphatic carboxylic acids is 1. The van der Waals surface area contributed by atoms with Gasteiger partial charge in [-0.05, 0) is 24.6 Å². The summed E-state index contributed by atoms with van der Waals surface area (Å²) in [6, 6.07) is 6.41. The van der Waals surface area contributed by atoms with E-state index in [4.69, 9.17) is 5.11 Å². The molecule has 1 amide bonds. The molecule has 21 heavy (non-hydrogen) atoms. The minimum atomic E-state index is -3.25. The van der Waals surface area contributed by atoms with E-state index in [1.54, 1.807) is 31.2 Å².